The molecule has 1 aromatic carbocycles. The molecule has 0 fully saturated rings. The van der Waals surface area contributed by atoms with Crippen molar-refractivity contribution in [3.05, 3.63) is 23.8 Å². The Morgan fingerprint density at radius 3 is 2.50 bits per heavy atom. The number of alkyl halides is 3. The Labute approximate surface area is 102 Å². The minimum atomic E-state index is -4.84. The number of aryl methyl sites for hydroxylation is 1. The number of sulfone groups is 1. The van der Waals surface area contributed by atoms with Crippen molar-refractivity contribution in [2.45, 2.75) is 18.2 Å². The Bertz CT molecular complexity index is 526. The molecule has 0 spiro atoms. The molecule has 0 aliphatic carbocycles. The van der Waals surface area contributed by atoms with Crippen LogP contribution in [0.4, 0.5) is 18.9 Å². The van der Waals surface area contributed by atoms with Gasteiger partial charge in [-0.15, -0.1) is 13.2 Å². The lowest BCUT2D eigenvalue weighted by Gasteiger charge is -2.10. The molecule has 0 aromatic heterocycles. The molecule has 0 atom stereocenters. The first-order valence-electron chi connectivity index (χ1n) is 4.91. The molecule has 8 heteroatoms. The van der Waals surface area contributed by atoms with E-state index in [-0.39, 0.29) is 10.6 Å². The van der Waals surface area contributed by atoms with Gasteiger partial charge < -0.3 is 5.73 Å². The van der Waals surface area contributed by atoms with E-state index < -0.39 is 28.6 Å². The lowest BCUT2D eigenvalue weighted by Crippen LogP contribution is -2.20. The molecule has 4 nitrogen and oxygen atoms in total. The van der Waals surface area contributed by atoms with Crippen LogP contribution in [0.25, 0.3) is 0 Å². The van der Waals surface area contributed by atoms with Gasteiger partial charge in [-0.05, 0) is 24.6 Å². The van der Waals surface area contributed by atoms with E-state index in [1.165, 1.54) is 12.1 Å². The van der Waals surface area contributed by atoms with Crippen molar-refractivity contribution < 1.29 is 26.3 Å². The summed E-state index contributed by atoms with van der Waals surface area (Å²) in [6.45, 7) is 0.698. The van der Waals surface area contributed by atoms with Gasteiger partial charge in [-0.2, -0.15) is 0 Å². The molecule has 0 unspecified atom stereocenters. The normalized spacial score (nSPS) is 12.7. The van der Waals surface area contributed by atoms with Gasteiger partial charge in [0.1, 0.15) is 0 Å². The largest absolute Gasteiger partial charge is 0.522 e. The Morgan fingerprint density at radius 2 is 1.94 bits per heavy atom. The zero-order valence-corrected chi connectivity index (χ0v) is 10.3. The third-order valence-corrected chi connectivity index (χ3v) is 3.85. The number of hydrogen-bond donors (Lipinski definition) is 1. The van der Waals surface area contributed by atoms with Crippen LogP contribution in [0, 0.1) is 6.92 Å². The minimum Gasteiger partial charge on any atom is -0.398 e. The van der Waals surface area contributed by atoms with E-state index in [4.69, 9.17) is 5.73 Å². The summed E-state index contributed by atoms with van der Waals surface area (Å²) in [5, 5.41) is 0. The predicted octanol–water partition coefficient (Wildman–Crippen LogP) is 1.89. The third kappa shape index (κ3) is 4.19. The molecule has 1 rings (SSSR count). The van der Waals surface area contributed by atoms with Crippen LogP contribution in [0.5, 0.6) is 0 Å². The summed E-state index contributed by atoms with van der Waals surface area (Å²) in [7, 11) is -3.89. The van der Waals surface area contributed by atoms with Crippen LogP contribution in [0.15, 0.2) is 23.1 Å². The number of nitrogens with two attached hydrogens (primary N) is 1. The standard InChI is InChI=1S/C10H12F3NO3S/c1-7-2-3-8(14)9(6-7)18(15,16)5-4-17-10(11,12)13/h2-3,6H,4-5,14H2,1H3. The van der Waals surface area contributed by atoms with Crippen LogP contribution in [0.3, 0.4) is 0 Å². The molecule has 0 saturated heterocycles. The zero-order chi connectivity index (χ0) is 14.0. The van der Waals surface area contributed by atoms with Gasteiger partial charge in [0.25, 0.3) is 0 Å². The summed E-state index contributed by atoms with van der Waals surface area (Å²) >= 11 is 0. The number of anilines is 1. The van der Waals surface area contributed by atoms with Crippen molar-refractivity contribution in [1.29, 1.82) is 0 Å². The van der Waals surface area contributed by atoms with Gasteiger partial charge in [-0.3, -0.25) is 4.74 Å². The second-order valence-electron chi connectivity index (χ2n) is 3.65. The van der Waals surface area contributed by atoms with Gasteiger partial charge in [0.05, 0.1) is 22.9 Å². The number of halogens is 3. The highest BCUT2D eigenvalue weighted by Crippen LogP contribution is 2.22. The van der Waals surface area contributed by atoms with Gasteiger partial charge in [-0.25, -0.2) is 8.42 Å². The van der Waals surface area contributed by atoms with Gasteiger partial charge in [-0.1, -0.05) is 6.07 Å². The summed E-state index contributed by atoms with van der Waals surface area (Å²) < 4.78 is 62.2. The summed E-state index contributed by atoms with van der Waals surface area (Å²) in [5.74, 6) is -0.778. The van der Waals surface area contributed by atoms with Crippen molar-refractivity contribution in [2.24, 2.45) is 0 Å². The van der Waals surface area contributed by atoms with Crippen molar-refractivity contribution in [3.63, 3.8) is 0 Å². The van der Waals surface area contributed by atoms with Crippen LogP contribution < -0.4 is 5.73 Å². The molecule has 0 heterocycles. The maximum absolute atomic E-state index is 11.8. The lowest BCUT2D eigenvalue weighted by atomic mass is 10.2. The highest BCUT2D eigenvalue weighted by atomic mass is 32.2. The van der Waals surface area contributed by atoms with Crippen LogP contribution in [-0.2, 0) is 14.6 Å². The van der Waals surface area contributed by atoms with E-state index >= 15 is 0 Å². The fourth-order valence-corrected chi connectivity index (χ4v) is 2.60. The van der Waals surface area contributed by atoms with Gasteiger partial charge in [0.2, 0.25) is 0 Å². The first-order valence-corrected chi connectivity index (χ1v) is 6.56. The molecule has 0 saturated carbocycles. The van der Waals surface area contributed by atoms with E-state index in [0.717, 1.165) is 0 Å². The first-order chi connectivity index (χ1) is 8.12. The van der Waals surface area contributed by atoms with E-state index in [0.29, 0.717) is 5.56 Å². The summed E-state index contributed by atoms with van der Waals surface area (Å²) in [4.78, 5) is -0.173. The van der Waals surface area contributed by atoms with Gasteiger partial charge in [0.15, 0.2) is 9.84 Å². The highest BCUT2D eigenvalue weighted by molar-refractivity contribution is 7.91. The number of benzene rings is 1. The summed E-state index contributed by atoms with van der Waals surface area (Å²) in [5.41, 5.74) is 6.15. The average Bonchev–Trinajstić information content (AvgIpc) is 2.19. The molecular weight excluding hydrogens is 271 g/mol. The fraction of sp³-hybridized carbons (Fsp3) is 0.400. The van der Waals surface area contributed by atoms with Crippen LogP contribution in [0.1, 0.15) is 5.56 Å². The molecule has 0 aliphatic rings. The molecule has 1 aromatic rings. The monoisotopic (exact) mass is 283 g/mol. The second kappa shape index (κ2) is 5.15. The Morgan fingerprint density at radius 1 is 1.33 bits per heavy atom. The number of hydrogen-bond acceptors (Lipinski definition) is 4. The smallest absolute Gasteiger partial charge is 0.398 e. The zero-order valence-electron chi connectivity index (χ0n) is 9.49. The van der Waals surface area contributed by atoms with Gasteiger partial charge in [0, 0.05) is 0 Å². The third-order valence-electron chi connectivity index (χ3n) is 2.12. The highest BCUT2D eigenvalue weighted by Gasteiger charge is 2.30. The summed E-state index contributed by atoms with van der Waals surface area (Å²) in [6, 6.07) is 4.33. The van der Waals surface area contributed by atoms with E-state index in [2.05, 4.69) is 4.74 Å². The Kier molecular flexibility index (Phi) is 4.23. The number of ether oxygens (including phenoxy) is 1. The van der Waals surface area contributed by atoms with Crippen LogP contribution in [-0.4, -0.2) is 27.1 Å². The van der Waals surface area contributed by atoms with E-state index in [1.54, 1.807) is 13.0 Å². The number of nitrogen functional groups attached to an aromatic ring is 1. The molecule has 102 valence electrons. The maximum Gasteiger partial charge on any atom is 0.522 e. The van der Waals surface area contributed by atoms with Crippen LogP contribution in [0.2, 0.25) is 0 Å². The molecule has 2 N–H and O–H groups in total. The fourth-order valence-electron chi connectivity index (χ4n) is 1.29. The van der Waals surface area contributed by atoms with Crippen molar-refractivity contribution in [3.8, 4) is 0 Å². The SMILES string of the molecule is Cc1ccc(N)c(S(=O)(=O)CCOC(F)(F)F)c1. The average molecular weight is 283 g/mol. The van der Waals surface area contributed by atoms with Crippen molar-refractivity contribution in [1.82, 2.24) is 0 Å². The molecule has 0 amide bonds. The molecular formula is C10H12F3NO3S. The molecule has 0 radical (unpaired) electrons. The quantitative estimate of drug-likeness (QED) is 0.857. The Hall–Kier alpha value is -1.28. The van der Waals surface area contributed by atoms with E-state index in [9.17, 15) is 21.6 Å². The predicted molar refractivity (Wildman–Crippen MR) is 59.7 cm³/mol. The first kappa shape index (κ1) is 14.8. The van der Waals surface area contributed by atoms with Crippen molar-refractivity contribution >= 4 is 15.5 Å². The Balaban J connectivity index is 2.84. The maximum atomic E-state index is 11.8. The second-order valence-corrected chi connectivity index (χ2v) is 5.73. The molecule has 0 aliphatic heterocycles. The molecule has 0 bridgehead atoms. The van der Waals surface area contributed by atoms with Crippen LogP contribution >= 0.6 is 0 Å². The lowest BCUT2D eigenvalue weighted by molar-refractivity contribution is -0.322. The number of rotatable bonds is 4. The van der Waals surface area contributed by atoms with Crippen molar-refractivity contribution in [2.75, 3.05) is 18.1 Å². The summed E-state index contributed by atoms with van der Waals surface area (Å²) in [6.07, 6.45) is -4.84. The molecule has 18 heavy (non-hydrogen) atoms. The topological polar surface area (TPSA) is 69.4 Å². The minimum absolute atomic E-state index is 0.00705. The van der Waals surface area contributed by atoms with E-state index in [1.807, 2.05) is 0 Å². The van der Waals surface area contributed by atoms with Gasteiger partial charge >= 0.3 is 6.36 Å².